The second-order valence-electron chi connectivity index (χ2n) is 1.90. The van der Waals surface area contributed by atoms with Crippen molar-refractivity contribution in [1.82, 2.24) is 10.4 Å². The molecule has 1 aromatic heterocycles. The van der Waals surface area contributed by atoms with Crippen LogP contribution in [0, 0.1) is 0 Å². The van der Waals surface area contributed by atoms with Crippen LogP contribution in [0.5, 0.6) is 0 Å². The first kappa shape index (κ1) is 8.61. The van der Waals surface area contributed by atoms with Crippen molar-refractivity contribution in [3.8, 4) is 0 Å². The van der Waals surface area contributed by atoms with E-state index in [4.69, 9.17) is 16.7 Å². The number of hydrazine groups is 1. The van der Waals surface area contributed by atoms with Gasteiger partial charge in [-0.05, 0) is 12.1 Å². The number of pyridine rings is 1. The van der Waals surface area contributed by atoms with E-state index in [-0.39, 0.29) is 0 Å². The van der Waals surface area contributed by atoms with Crippen molar-refractivity contribution in [1.29, 1.82) is 0 Å². The van der Waals surface area contributed by atoms with Gasteiger partial charge in [-0.25, -0.2) is 15.2 Å². The van der Waals surface area contributed by atoms with Crippen molar-refractivity contribution < 1.29 is 9.90 Å². The van der Waals surface area contributed by atoms with Crippen LogP contribution in [0.3, 0.4) is 0 Å². The maximum Gasteiger partial charge on any atom is 0.423 e. The van der Waals surface area contributed by atoms with Crippen molar-refractivity contribution in [2.75, 3.05) is 5.43 Å². The number of amides is 1. The van der Waals surface area contributed by atoms with Gasteiger partial charge in [0.15, 0.2) is 0 Å². The lowest BCUT2D eigenvalue weighted by molar-refractivity contribution is 0.197. The molecule has 1 amide bonds. The molecule has 12 heavy (non-hydrogen) atoms. The third-order valence-electron chi connectivity index (χ3n) is 1.01. The molecule has 6 heteroatoms. The van der Waals surface area contributed by atoms with Gasteiger partial charge < -0.3 is 5.11 Å². The Balaban J connectivity index is 2.57. The second-order valence-corrected chi connectivity index (χ2v) is 2.29. The van der Waals surface area contributed by atoms with Gasteiger partial charge >= 0.3 is 6.09 Å². The number of nitrogens with one attached hydrogen (secondary N) is 2. The molecule has 64 valence electrons. The van der Waals surface area contributed by atoms with Crippen LogP contribution in [0.15, 0.2) is 18.2 Å². The highest BCUT2D eigenvalue weighted by molar-refractivity contribution is 6.29. The van der Waals surface area contributed by atoms with Crippen LogP contribution < -0.4 is 10.9 Å². The summed E-state index contributed by atoms with van der Waals surface area (Å²) in [4.78, 5) is 13.8. The second kappa shape index (κ2) is 3.77. The zero-order valence-electron chi connectivity index (χ0n) is 5.91. The average Bonchev–Trinajstić information content (AvgIpc) is 2.01. The number of aromatic nitrogens is 1. The number of hydrogen-bond acceptors (Lipinski definition) is 3. The fourth-order valence-corrected chi connectivity index (χ4v) is 0.759. The number of rotatable bonds is 2. The summed E-state index contributed by atoms with van der Waals surface area (Å²) < 4.78 is 0. The number of halogens is 1. The lowest BCUT2D eigenvalue weighted by Gasteiger charge is -2.03. The molecule has 0 unspecified atom stereocenters. The highest BCUT2D eigenvalue weighted by Crippen LogP contribution is 2.07. The summed E-state index contributed by atoms with van der Waals surface area (Å²) in [5.41, 5.74) is 4.27. The molecule has 5 nitrogen and oxygen atoms in total. The topological polar surface area (TPSA) is 74.2 Å². The molecular weight excluding hydrogens is 182 g/mol. The Morgan fingerprint density at radius 1 is 1.58 bits per heavy atom. The number of anilines is 1. The molecule has 0 aliphatic heterocycles. The van der Waals surface area contributed by atoms with Crippen molar-refractivity contribution in [3.05, 3.63) is 23.4 Å². The molecular formula is C6H6ClN3O2. The van der Waals surface area contributed by atoms with E-state index >= 15 is 0 Å². The van der Waals surface area contributed by atoms with Crippen molar-refractivity contribution in [2.24, 2.45) is 0 Å². The van der Waals surface area contributed by atoms with Gasteiger partial charge in [0, 0.05) is 0 Å². The van der Waals surface area contributed by atoms with Gasteiger partial charge in [-0.2, -0.15) is 0 Å². The first-order valence-electron chi connectivity index (χ1n) is 3.06. The van der Waals surface area contributed by atoms with Crippen molar-refractivity contribution in [3.63, 3.8) is 0 Å². The zero-order chi connectivity index (χ0) is 8.97. The predicted octanol–water partition coefficient (Wildman–Crippen LogP) is 1.33. The van der Waals surface area contributed by atoms with Gasteiger partial charge in [-0.15, -0.1) is 0 Å². The Morgan fingerprint density at radius 3 is 2.92 bits per heavy atom. The van der Waals surface area contributed by atoms with Gasteiger partial charge in [-0.3, -0.25) is 5.43 Å². The SMILES string of the molecule is O=C(O)NNc1cccc(Cl)n1. The molecule has 0 fully saturated rings. The van der Waals surface area contributed by atoms with Crippen LogP contribution in [0.1, 0.15) is 0 Å². The molecule has 0 saturated heterocycles. The molecule has 1 rings (SSSR count). The van der Waals surface area contributed by atoms with Crippen LogP contribution >= 0.6 is 11.6 Å². The molecule has 0 aliphatic rings. The minimum absolute atomic E-state index is 0.298. The van der Waals surface area contributed by atoms with Gasteiger partial charge in [0.1, 0.15) is 11.0 Å². The molecule has 3 N–H and O–H groups in total. The molecule has 0 saturated carbocycles. The largest absolute Gasteiger partial charge is 0.464 e. The lowest BCUT2D eigenvalue weighted by Crippen LogP contribution is -2.27. The smallest absolute Gasteiger partial charge is 0.423 e. The average molecular weight is 188 g/mol. The normalized spacial score (nSPS) is 9.08. The Labute approximate surface area is 73.3 Å². The highest BCUT2D eigenvalue weighted by Gasteiger charge is 1.95. The number of hydrogen-bond donors (Lipinski definition) is 3. The van der Waals surface area contributed by atoms with E-state index in [2.05, 4.69) is 10.4 Å². The monoisotopic (exact) mass is 187 g/mol. The molecule has 0 aromatic carbocycles. The van der Waals surface area contributed by atoms with Crippen molar-refractivity contribution >= 4 is 23.5 Å². The first-order chi connectivity index (χ1) is 5.68. The third-order valence-corrected chi connectivity index (χ3v) is 1.22. The Kier molecular flexibility index (Phi) is 2.71. The van der Waals surface area contributed by atoms with Gasteiger partial charge in [0.2, 0.25) is 0 Å². The van der Waals surface area contributed by atoms with Crippen LogP contribution in [0.4, 0.5) is 10.6 Å². The third kappa shape index (κ3) is 2.63. The van der Waals surface area contributed by atoms with Gasteiger partial charge in [0.05, 0.1) is 0 Å². The Morgan fingerprint density at radius 2 is 2.33 bits per heavy atom. The molecule has 0 spiro atoms. The minimum Gasteiger partial charge on any atom is -0.464 e. The van der Waals surface area contributed by atoms with E-state index in [9.17, 15) is 4.79 Å². The molecule has 0 radical (unpaired) electrons. The van der Waals surface area contributed by atoms with E-state index in [1.165, 1.54) is 0 Å². The summed E-state index contributed by atoms with van der Waals surface area (Å²) >= 11 is 5.53. The molecule has 1 aromatic rings. The van der Waals surface area contributed by atoms with Gasteiger partial charge in [0.25, 0.3) is 0 Å². The molecule has 0 aliphatic carbocycles. The summed E-state index contributed by atoms with van der Waals surface area (Å²) in [7, 11) is 0. The number of carbonyl (C=O) groups is 1. The maximum atomic E-state index is 10.0. The summed E-state index contributed by atoms with van der Waals surface area (Å²) in [6.45, 7) is 0. The lowest BCUT2D eigenvalue weighted by atomic mass is 10.5. The van der Waals surface area contributed by atoms with E-state index in [1.807, 2.05) is 5.43 Å². The quantitative estimate of drug-likeness (QED) is 0.482. The van der Waals surface area contributed by atoms with Crippen molar-refractivity contribution in [2.45, 2.75) is 0 Å². The molecule has 0 bridgehead atoms. The van der Waals surface area contributed by atoms with E-state index in [1.54, 1.807) is 18.2 Å². The Hall–Kier alpha value is -1.49. The summed E-state index contributed by atoms with van der Waals surface area (Å²) in [5.74, 6) is 0.352. The Bertz CT molecular complexity index is 292. The molecule has 1 heterocycles. The van der Waals surface area contributed by atoms with Crippen LogP contribution in [-0.4, -0.2) is 16.2 Å². The maximum absolute atomic E-state index is 10.0. The van der Waals surface area contributed by atoms with E-state index < -0.39 is 6.09 Å². The first-order valence-corrected chi connectivity index (χ1v) is 3.44. The fourth-order valence-electron chi connectivity index (χ4n) is 0.595. The summed E-state index contributed by atoms with van der Waals surface area (Å²) in [6, 6.07) is 4.83. The van der Waals surface area contributed by atoms with Crippen LogP contribution in [-0.2, 0) is 0 Å². The standard InChI is InChI=1S/C6H6ClN3O2/c7-4-2-1-3-5(8-4)9-10-6(11)12/h1-3,10H,(H,8,9)(H,11,12). The molecule has 0 atom stereocenters. The highest BCUT2D eigenvalue weighted by atomic mass is 35.5. The van der Waals surface area contributed by atoms with Crippen LogP contribution in [0.2, 0.25) is 5.15 Å². The van der Waals surface area contributed by atoms with Gasteiger partial charge in [-0.1, -0.05) is 17.7 Å². The zero-order valence-corrected chi connectivity index (χ0v) is 6.67. The number of carboxylic acid groups (broad SMARTS) is 1. The summed E-state index contributed by atoms with van der Waals surface area (Å²) in [5, 5.41) is 8.51. The van der Waals surface area contributed by atoms with E-state index in [0.717, 1.165) is 0 Å². The summed E-state index contributed by atoms with van der Waals surface area (Å²) in [6.07, 6.45) is -1.18. The predicted molar refractivity (Wildman–Crippen MR) is 44.0 cm³/mol. The van der Waals surface area contributed by atoms with E-state index in [0.29, 0.717) is 11.0 Å². The minimum atomic E-state index is -1.18. The van der Waals surface area contributed by atoms with Crippen LogP contribution in [0.25, 0.3) is 0 Å². The fraction of sp³-hybridized carbons (Fsp3) is 0. The number of nitrogens with zero attached hydrogens (tertiary/aromatic N) is 1.